The fourth-order valence-electron chi connectivity index (χ4n) is 2.31. The van der Waals surface area contributed by atoms with E-state index < -0.39 is 5.60 Å². The Morgan fingerprint density at radius 1 is 1.55 bits per heavy atom. The molecule has 0 aliphatic heterocycles. The summed E-state index contributed by atoms with van der Waals surface area (Å²) in [6.07, 6.45) is 4.34. The average molecular weight is 277 g/mol. The average Bonchev–Trinajstić information content (AvgIpc) is 2.88. The minimum absolute atomic E-state index is 0.148. The first kappa shape index (κ1) is 14.9. The van der Waals surface area contributed by atoms with Crippen molar-refractivity contribution in [1.82, 2.24) is 4.90 Å². The lowest BCUT2D eigenvalue weighted by atomic mass is 10.1. The van der Waals surface area contributed by atoms with Crippen LogP contribution < -0.4 is 0 Å². The SMILES string of the molecule is CC1CC1c1ccc(C=CC(=O)N(C)CC(C)(C)O)o1. The van der Waals surface area contributed by atoms with Gasteiger partial charge in [-0.2, -0.15) is 0 Å². The third-order valence-electron chi connectivity index (χ3n) is 3.51. The zero-order valence-electron chi connectivity index (χ0n) is 12.6. The lowest BCUT2D eigenvalue weighted by Gasteiger charge is -2.24. The first-order valence-electron chi connectivity index (χ1n) is 7.01. The zero-order valence-corrected chi connectivity index (χ0v) is 12.6. The van der Waals surface area contributed by atoms with Gasteiger partial charge in [-0.25, -0.2) is 0 Å². The van der Waals surface area contributed by atoms with Crippen molar-refractivity contribution in [3.8, 4) is 0 Å². The molecule has 2 unspecified atom stereocenters. The van der Waals surface area contributed by atoms with Gasteiger partial charge in [-0.3, -0.25) is 4.79 Å². The van der Waals surface area contributed by atoms with Crippen LogP contribution in [0.2, 0.25) is 0 Å². The number of carbonyl (C=O) groups excluding carboxylic acids is 1. The van der Waals surface area contributed by atoms with Gasteiger partial charge in [0.15, 0.2) is 0 Å². The fraction of sp³-hybridized carbons (Fsp3) is 0.562. The molecule has 0 radical (unpaired) electrons. The number of likely N-dealkylation sites (N-methyl/N-ethyl adjacent to an activating group) is 1. The maximum absolute atomic E-state index is 11.9. The van der Waals surface area contributed by atoms with E-state index in [0.717, 1.165) is 5.76 Å². The number of hydrogen-bond donors (Lipinski definition) is 1. The molecular weight excluding hydrogens is 254 g/mol. The lowest BCUT2D eigenvalue weighted by Crippen LogP contribution is -2.38. The van der Waals surface area contributed by atoms with E-state index in [2.05, 4.69) is 6.92 Å². The first-order chi connectivity index (χ1) is 9.26. The maximum atomic E-state index is 11.9. The molecule has 1 heterocycles. The summed E-state index contributed by atoms with van der Waals surface area (Å²) in [4.78, 5) is 13.4. The van der Waals surface area contributed by atoms with Gasteiger partial charge in [-0.1, -0.05) is 6.92 Å². The molecule has 1 aromatic rings. The highest BCUT2D eigenvalue weighted by Crippen LogP contribution is 2.47. The largest absolute Gasteiger partial charge is 0.461 e. The molecule has 1 N–H and O–H groups in total. The number of aliphatic hydroxyl groups is 1. The van der Waals surface area contributed by atoms with Gasteiger partial charge in [0, 0.05) is 25.6 Å². The van der Waals surface area contributed by atoms with Gasteiger partial charge in [0.1, 0.15) is 11.5 Å². The van der Waals surface area contributed by atoms with Crippen LogP contribution in [-0.4, -0.2) is 35.1 Å². The highest BCUT2D eigenvalue weighted by Gasteiger charge is 2.36. The van der Waals surface area contributed by atoms with Gasteiger partial charge in [0.2, 0.25) is 5.91 Å². The third kappa shape index (κ3) is 3.97. The summed E-state index contributed by atoms with van der Waals surface area (Å²) in [6.45, 7) is 5.85. The van der Waals surface area contributed by atoms with Crippen LogP contribution in [-0.2, 0) is 4.79 Å². The second-order valence-electron chi connectivity index (χ2n) is 6.40. The molecule has 2 atom stereocenters. The molecule has 1 amide bonds. The van der Waals surface area contributed by atoms with Crippen LogP contribution in [0.3, 0.4) is 0 Å². The summed E-state index contributed by atoms with van der Waals surface area (Å²) >= 11 is 0. The van der Waals surface area contributed by atoms with Crippen LogP contribution in [0, 0.1) is 5.92 Å². The number of hydrogen-bond acceptors (Lipinski definition) is 3. The molecule has 0 saturated heterocycles. The molecule has 0 aromatic carbocycles. The van der Waals surface area contributed by atoms with E-state index in [1.165, 1.54) is 17.4 Å². The number of amides is 1. The number of rotatable bonds is 5. The van der Waals surface area contributed by atoms with E-state index in [1.807, 2.05) is 12.1 Å². The van der Waals surface area contributed by atoms with Crippen LogP contribution in [0.5, 0.6) is 0 Å². The van der Waals surface area contributed by atoms with Crippen LogP contribution in [0.25, 0.3) is 6.08 Å². The van der Waals surface area contributed by atoms with Crippen molar-refractivity contribution in [1.29, 1.82) is 0 Å². The number of carbonyl (C=O) groups is 1. The molecule has 1 fully saturated rings. The van der Waals surface area contributed by atoms with Crippen molar-refractivity contribution < 1.29 is 14.3 Å². The van der Waals surface area contributed by atoms with Crippen molar-refractivity contribution >= 4 is 12.0 Å². The van der Waals surface area contributed by atoms with Crippen LogP contribution in [0.1, 0.15) is 44.6 Å². The quantitative estimate of drug-likeness (QED) is 0.842. The molecule has 4 nitrogen and oxygen atoms in total. The Morgan fingerprint density at radius 2 is 2.20 bits per heavy atom. The van der Waals surface area contributed by atoms with Gasteiger partial charge in [-0.15, -0.1) is 0 Å². The Hall–Kier alpha value is -1.55. The number of furan rings is 1. The van der Waals surface area contributed by atoms with E-state index in [1.54, 1.807) is 27.0 Å². The maximum Gasteiger partial charge on any atom is 0.246 e. The molecule has 0 spiro atoms. The number of nitrogens with zero attached hydrogens (tertiary/aromatic N) is 1. The highest BCUT2D eigenvalue weighted by molar-refractivity contribution is 5.91. The van der Waals surface area contributed by atoms with Gasteiger partial charge in [0.25, 0.3) is 0 Å². The molecular formula is C16H23NO3. The van der Waals surface area contributed by atoms with Gasteiger partial charge >= 0.3 is 0 Å². The molecule has 1 aliphatic rings. The smallest absolute Gasteiger partial charge is 0.246 e. The molecule has 20 heavy (non-hydrogen) atoms. The summed E-state index contributed by atoms with van der Waals surface area (Å²) in [6, 6.07) is 3.87. The molecule has 2 rings (SSSR count). The zero-order chi connectivity index (χ0) is 14.9. The predicted molar refractivity (Wildman–Crippen MR) is 78.2 cm³/mol. The second-order valence-corrected chi connectivity index (χ2v) is 6.40. The van der Waals surface area contributed by atoms with E-state index >= 15 is 0 Å². The van der Waals surface area contributed by atoms with Crippen LogP contribution >= 0.6 is 0 Å². The van der Waals surface area contributed by atoms with Crippen molar-refractivity contribution in [2.75, 3.05) is 13.6 Å². The van der Waals surface area contributed by atoms with E-state index in [-0.39, 0.29) is 5.91 Å². The van der Waals surface area contributed by atoms with Crippen LogP contribution in [0.4, 0.5) is 0 Å². The molecule has 1 saturated carbocycles. The summed E-state index contributed by atoms with van der Waals surface area (Å²) in [5.41, 5.74) is -0.891. The van der Waals surface area contributed by atoms with Gasteiger partial charge in [0.05, 0.1) is 5.60 Å². The van der Waals surface area contributed by atoms with E-state index in [9.17, 15) is 9.90 Å². The Morgan fingerprint density at radius 3 is 2.75 bits per heavy atom. The fourth-order valence-corrected chi connectivity index (χ4v) is 2.31. The second kappa shape index (κ2) is 5.44. The minimum atomic E-state index is -0.891. The van der Waals surface area contributed by atoms with Crippen LogP contribution in [0.15, 0.2) is 22.6 Å². The first-order valence-corrected chi connectivity index (χ1v) is 7.01. The summed E-state index contributed by atoms with van der Waals surface area (Å²) < 4.78 is 5.70. The summed E-state index contributed by atoms with van der Waals surface area (Å²) in [5, 5.41) is 9.68. The topological polar surface area (TPSA) is 53.7 Å². The van der Waals surface area contributed by atoms with Crippen molar-refractivity contribution in [2.24, 2.45) is 5.92 Å². The Bertz CT molecular complexity index is 510. The molecule has 110 valence electrons. The van der Waals surface area contributed by atoms with Crippen molar-refractivity contribution in [3.63, 3.8) is 0 Å². The molecule has 1 aromatic heterocycles. The lowest BCUT2D eigenvalue weighted by molar-refractivity contribution is -0.127. The van der Waals surface area contributed by atoms with Gasteiger partial charge < -0.3 is 14.4 Å². The van der Waals surface area contributed by atoms with Crippen molar-refractivity contribution in [2.45, 2.75) is 38.7 Å². The normalized spacial score (nSPS) is 22.2. The standard InChI is InChI=1S/C16H23NO3/c1-11-9-13(11)14-7-5-12(20-14)6-8-15(18)17(4)10-16(2,3)19/h5-8,11,13,19H,9-10H2,1-4H3. The Labute approximate surface area is 120 Å². The predicted octanol–water partition coefficient (Wildman–Crippen LogP) is 2.65. The molecule has 4 heteroatoms. The summed E-state index contributed by atoms with van der Waals surface area (Å²) in [5.74, 6) is 2.81. The van der Waals surface area contributed by atoms with Gasteiger partial charge in [-0.05, 0) is 44.4 Å². The van der Waals surface area contributed by atoms with E-state index in [4.69, 9.17) is 4.42 Å². The molecule has 0 bridgehead atoms. The highest BCUT2D eigenvalue weighted by atomic mass is 16.3. The monoisotopic (exact) mass is 277 g/mol. The van der Waals surface area contributed by atoms with Crippen molar-refractivity contribution in [3.05, 3.63) is 29.7 Å². The Kier molecular flexibility index (Phi) is 4.04. The Balaban J connectivity index is 1.91. The third-order valence-corrected chi connectivity index (χ3v) is 3.51. The minimum Gasteiger partial charge on any atom is -0.461 e. The summed E-state index contributed by atoms with van der Waals surface area (Å²) in [7, 11) is 1.67. The van der Waals surface area contributed by atoms with E-state index in [0.29, 0.717) is 24.1 Å². The molecule has 1 aliphatic carbocycles.